The number of benzene rings is 2. The maximum Gasteiger partial charge on any atom is 0.259 e. The van der Waals surface area contributed by atoms with Gasteiger partial charge < -0.3 is 19.2 Å². The van der Waals surface area contributed by atoms with Crippen LogP contribution in [-0.2, 0) is 6.54 Å². The summed E-state index contributed by atoms with van der Waals surface area (Å²) in [4.78, 5) is 28.8. The van der Waals surface area contributed by atoms with Gasteiger partial charge in [-0.1, -0.05) is 47.1 Å². The van der Waals surface area contributed by atoms with Crippen LogP contribution in [0.2, 0.25) is 5.02 Å². The highest BCUT2D eigenvalue weighted by molar-refractivity contribution is 6.30. The second kappa shape index (κ2) is 10.5. The Morgan fingerprint density at radius 3 is 2.56 bits per heavy atom. The van der Waals surface area contributed by atoms with Crippen molar-refractivity contribution in [2.45, 2.75) is 6.54 Å². The summed E-state index contributed by atoms with van der Waals surface area (Å²) in [5, 5.41) is 4.69. The van der Waals surface area contributed by atoms with Gasteiger partial charge in [0.2, 0.25) is 5.82 Å². The largest absolute Gasteiger partial charge is 0.353 e. The Labute approximate surface area is 215 Å². The first-order chi connectivity index (χ1) is 17.5. The fourth-order valence-electron chi connectivity index (χ4n) is 4.31. The molecule has 0 radical (unpaired) electrons. The minimum atomic E-state index is -0.0537. The standard InChI is InChI=1S/C27H27ClN6O2/c1-32(2)18-19-10-11-24(29-17-19)33-12-14-34(15-13-33)27(35)23-9-4-3-8-22(23)26-30-25(31-36-26)20-6-5-7-21(28)16-20/h3-11,16-17H,12-15,18H2,1-2H3. The average Bonchev–Trinajstić information content (AvgIpc) is 3.39. The highest BCUT2D eigenvalue weighted by atomic mass is 35.5. The lowest BCUT2D eigenvalue weighted by Gasteiger charge is -2.35. The lowest BCUT2D eigenvalue weighted by molar-refractivity contribution is 0.0747. The number of hydrogen-bond donors (Lipinski definition) is 0. The minimum Gasteiger partial charge on any atom is -0.353 e. The third-order valence-electron chi connectivity index (χ3n) is 6.10. The van der Waals surface area contributed by atoms with Gasteiger partial charge in [-0.25, -0.2) is 4.98 Å². The molecule has 2 aromatic heterocycles. The molecule has 0 N–H and O–H groups in total. The number of piperazine rings is 1. The number of anilines is 1. The number of rotatable bonds is 6. The number of pyridine rings is 1. The smallest absolute Gasteiger partial charge is 0.259 e. The number of aromatic nitrogens is 3. The molecule has 36 heavy (non-hydrogen) atoms. The quantitative estimate of drug-likeness (QED) is 0.384. The van der Waals surface area contributed by atoms with Crippen molar-refractivity contribution in [3.05, 3.63) is 83.0 Å². The van der Waals surface area contributed by atoms with Gasteiger partial charge in [-0.2, -0.15) is 4.98 Å². The van der Waals surface area contributed by atoms with E-state index in [9.17, 15) is 4.79 Å². The third kappa shape index (κ3) is 5.24. The van der Waals surface area contributed by atoms with Gasteiger partial charge in [0.25, 0.3) is 11.8 Å². The molecule has 1 amide bonds. The van der Waals surface area contributed by atoms with Crippen molar-refractivity contribution in [2.24, 2.45) is 0 Å². The van der Waals surface area contributed by atoms with Crippen molar-refractivity contribution in [1.29, 1.82) is 0 Å². The Bertz CT molecular complexity index is 1350. The lowest BCUT2D eigenvalue weighted by atomic mass is 10.1. The van der Waals surface area contributed by atoms with Gasteiger partial charge in [-0.05, 0) is 50.0 Å². The molecule has 0 atom stereocenters. The van der Waals surface area contributed by atoms with Crippen LogP contribution in [0.25, 0.3) is 22.8 Å². The fraction of sp³-hybridized carbons (Fsp3) is 0.259. The molecule has 8 nitrogen and oxygen atoms in total. The molecular formula is C27H27ClN6O2. The molecule has 2 aromatic carbocycles. The lowest BCUT2D eigenvalue weighted by Crippen LogP contribution is -2.49. The molecule has 3 heterocycles. The molecule has 0 aliphatic carbocycles. The Morgan fingerprint density at radius 1 is 1.03 bits per heavy atom. The van der Waals surface area contributed by atoms with Gasteiger partial charge in [-0.3, -0.25) is 4.79 Å². The first-order valence-electron chi connectivity index (χ1n) is 11.8. The summed E-state index contributed by atoms with van der Waals surface area (Å²) in [5.74, 6) is 1.61. The molecule has 1 aliphatic heterocycles. The van der Waals surface area contributed by atoms with Crippen LogP contribution in [0.5, 0.6) is 0 Å². The Hall–Kier alpha value is -3.75. The van der Waals surface area contributed by atoms with Crippen molar-refractivity contribution in [3.63, 3.8) is 0 Å². The van der Waals surface area contributed by atoms with Crippen LogP contribution < -0.4 is 4.90 Å². The summed E-state index contributed by atoms with van der Waals surface area (Å²) in [5.41, 5.74) is 3.08. The van der Waals surface area contributed by atoms with E-state index in [-0.39, 0.29) is 5.91 Å². The van der Waals surface area contributed by atoms with Gasteiger partial charge in [-0.15, -0.1) is 0 Å². The third-order valence-corrected chi connectivity index (χ3v) is 6.33. The normalized spacial score (nSPS) is 13.9. The molecule has 0 unspecified atom stereocenters. The second-order valence-electron chi connectivity index (χ2n) is 9.02. The van der Waals surface area contributed by atoms with Crippen LogP contribution in [0.1, 0.15) is 15.9 Å². The van der Waals surface area contributed by atoms with Crippen LogP contribution in [0.3, 0.4) is 0 Å². The summed E-state index contributed by atoms with van der Waals surface area (Å²) in [7, 11) is 4.08. The predicted molar refractivity (Wildman–Crippen MR) is 140 cm³/mol. The van der Waals surface area contributed by atoms with Crippen LogP contribution in [-0.4, -0.2) is 71.1 Å². The van der Waals surface area contributed by atoms with E-state index < -0.39 is 0 Å². The van der Waals surface area contributed by atoms with Gasteiger partial charge in [0.05, 0.1) is 11.1 Å². The average molecular weight is 503 g/mol. The van der Waals surface area contributed by atoms with E-state index in [1.165, 1.54) is 5.56 Å². The van der Waals surface area contributed by atoms with Crippen molar-refractivity contribution in [2.75, 3.05) is 45.2 Å². The molecule has 9 heteroatoms. The summed E-state index contributed by atoms with van der Waals surface area (Å²) >= 11 is 6.10. The molecule has 1 saturated heterocycles. The van der Waals surface area contributed by atoms with Crippen molar-refractivity contribution < 1.29 is 9.32 Å². The summed E-state index contributed by atoms with van der Waals surface area (Å²) in [6.45, 7) is 3.49. The minimum absolute atomic E-state index is 0.0537. The molecular weight excluding hydrogens is 476 g/mol. The summed E-state index contributed by atoms with van der Waals surface area (Å²) in [6, 6.07) is 18.8. The van der Waals surface area contributed by atoms with Gasteiger partial charge >= 0.3 is 0 Å². The molecule has 0 bridgehead atoms. The topological polar surface area (TPSA) is 78.6 Å². The SMILES string of the molecule is CN(C)Cc1ccc(N2CCN(C(=O)c3ccccc3-c3nc(-c4cccc(Cl)c4)no3)CC2)nc1. The van der Waals surface area contributed by atoms with Crippen molar-refractivity contribution in [3.8, 4) is 22.8 Å². The summed E-state index contributed by atoms with van der Waals surface area (Å²) < 4.78 is 5.54. The highest BCUT2D eigenvalue weighted by Gasteiger charge is 2.26. The fourth-order valence-corrected chi connectivity index (χ4v) is 4.50. The molecule has 0 spiro atoms. The van der Waals surface area contributed by atoms with Crippen molar-refractivity contribution >= 4 is 23.3 Å². The van der Waals surface area contributed by atoms with E-state index in [1.807, 2.05) is 55.5 Å². The van der Waals surface area contributed by atoms with Crippen LogP contribution >= 0.6 is 11.6 Å². The monoisotopic (exact) mass is 502 g/mol. The molecule has 1 aliphatic rings. The van der Waals surface area contributed by atoms with E-state index >= 15 is 0 Å². The summed E-state index contributed by atoms with van der Waals surface area (Å²) in [6.07, 6.45) is 1.92. The second-order valence-corrected chi connectivity index (χ2v) is 9.46. The van der Waals surface area contributed by atoms with Gasteiger partial charge in [0.15, 0.2) is 0 Å². The number of carbonyl (C=O) groups is 1. The van der Waals surface area contributed by atoms with E-state index in [4.69, 9.17) is 16.1 Å². The zero-order valence-electron chi connectivity index (χ0n) is 20.3. The van der Waals surface area contributed by atoms with Gasteiger partial charge in [0.1, 0.15) is 5.82 Å². The Kier molecular flexibility index (Phi) is 6.97. The Morgan fingerprint density at radius 2 is 1.83 bits per heavy atom. The number of amides is 1. The zero-order chi connectivity index (χ0) is 25.1. The first-order valence-corrected chi connectivity index (χ1v) is 12.2. The van der Waals surface area contributed by atoms with Gasteiger partial charge in [0, 0.05) is 49.5 Å². The highest BCUT2D eigenvalue weighted by Crippen LogP contribution is 2.27. The maximum atomic E-state index is 13.5. The van der Waals surface area contributed by atoms with E-state index in [1.54, 1.807) is 18.2 Å². The Balaban J connectivity index is 1.29. The zero-order valence-corrected chi connectivity index (χ0v) is 21.0. The number of halogens is 1. The predicted octanol–water partition coefficient (Wildman–Crippen LogP) is 4.48. The molecule has 184 valence electrons. The van der Waals surface area contributed by atoms with Crippen LogP contribution in [0.15, 0.2) is 71.4 Å². The number of nitrogens with zero attached hydrogens (tertiary/aromatic N) is 6. The molecule has 5 rings (SSSR count). The number of hydrogen-bond acceptors (Lipinski definition) is 7. The molecule has 0 saturated carbocycles. The van der Waals surface area contributed by atoms with Crippen molar-refractivity contribution in [1.82, 2.24) is 24.9 Å². The number of carbonyl (C=O) groups excluding carboxylic acids is 1. The molecule has 1 fully saturated rings. The first kappa shape index (κ1) is 24.0. The van der Waals surface area contributed by atoms with Crippen LogP contribution in [0, 0.1) is 0 Å². The van der Waals surface area contributed by atoms with E-state index in [0.717, 1.165) is 17.9 Å². The van der Waals surface area contributed by atoms with E-state index in [0.29, 0.717) is 54.0 Å². The molecule has 4 aromatic rings. The maximum absolute atomic E-state index is 13.5. The van der Waals surface area contributed by atoms with Crippen LogP contribution in [0.4, 0.5) is 5.82 Å². The van der Waals surface area contributed by atoms with E-state index in [2.05, 4.69) is 37.1 Å².